The summed E-state index contributed by atoms with van der Waals surface area (Å²) >= 11 is 2.11. The van der Waals surface area contributed by atoms with Crippen molar-refractivity contribution in [3.05, 3.63) is 31.9 Å². The standard InChI is InChI=1S/C11H14IN3O2/c12-8-6-7(15(16)17)4-5-10(8)14-11-3-1-2-9(11)13/h4-6,9,11,14H,1-3,13H2. The lowest BCUT2D eigenvalue weighted by Gasteiger charge is -2.19. The third-order valence-electron chi connectivity index (χ3n) is 3.07. The third-order valence-corrected chi connectivity index (χ3v) is 3.97. The first-order valence-electron chi connectivity index (χ1n) is 5.54. The zero-order valence-electron chi connectivity index (χ0n) is 9.23. The largest absolute Gasteiger partial charge is 0.380 e. The van der Waals surface area contributed by atoms with E-state index in [1.54, 1.807) is 12.1 Å². The second kappa shape index (κ2) is 5.18. The number of nitro benzene ring substituents is 1. The van der Waals surface area contributed by atoms with Crippen LogP contribution >= 0.6 is 22.6 Å². The van der Waals surface area contributed by atoms with E-state index in [4.69, 9.17) is 5.73 Å². The van der Waals surface area contributed by atoms with Crippen molar-refractivity contribution in [2.24, 2.45) is 5.73 Å². The van der Waals surface area contributed by atoms with Crippen LogP contribution in [0.2, 0.25) is 0 Å². The Balaban J connectivity index is 2.14. The minimum Gasteiger partial charge on any atom is -0.380 e. The zero-order chi connectivity index (χ0) is 12.4. The highest BCUT2D eigenvalue weighted by atomic mass is 127. The molecule has 0 saturated heterocycles. The molecule has 17 heavy (non-hydrogen) atoms. The highest BCUT2D eigenvalue weighted by Gasteiger charge is 2.24. The van der Waals surface area contributed by atoms with E-state index in [0.29, 0.717) is 0 Å². The molecule has 1 aliphatic rings. The van der Waals surface area contributed by atoms with Gasteiger partial charge in [0.05, 0.1) is 4.92 Å². The Kier molecular flexibility index (Phi) is 3.82. The maximum absolute atomic E-state index is 10.6. The van der Waals surface area contributed by atoms with Crippen LogP contribution in [0.5, 0.6) is 0 Å². The van der Waals surface area contributed by atoms with E-state index in [9.17, 15) is 10.1 Å². The number of hydrogen-bond acceptors (Lipinski definition) is 4. The van der Waals surface area contributed by atoms with Crippen LogP contribution in [0.25, 0.3) is 0 Å². The fraction of sp³-hybridized carbons (Fsp3) is 0.455. The summed E-state index contributed by atoms with van der Waals surface area (Å²) in [5.74, 6) is 0. The van der Waals surface area contributed by atoms with Gasteiger partial charge in [-0.15, -0.1) is 0 Å². The van der Waals surface area contributed by atoms with E-state index in [1.807, 2.05) is 0 Å². The number of benzene rings is 1. The predicted molar refractivity (Wildman–Crippen MR) is 75.1 cm³/mol. The van der Waals surface area contributed by atoms with E-state index < -0.39 is 0 Å². The Bertz CT molecular complexity index is 439. The Morgan fingerprint density at radius 2 is 2.24 bits per heavy atom. The Morgan fingerprint density at radius 3 is 2.76 bits per heavy atom. The van der Waals surface area contributed by atoms with Crippen LogP contribution in [-0.4, -0.2) is 17.0 Å². The molecule has 0 amide bonds. The van der Waals surface area contributed by atoms with E-state index in [-0.39, 0.29) is 22.7 Å². The molecule has 5 nitrogen and oxygen atoms in total. The molecule has 2 unspecified atom stereocenters. The summed E-state index contributed by atoms with van der Waals surface area (Å²) in [7, 11) is 0. The van der Waals surface area contributed by atoms with Gasteiger partial charge < -0.3 is 11.1 Å². The summed E-state index contributed by atoms with van der Waals surface area (Å²) in [4.78, 5) is 10.2. The van der Waals surface area contributed by atoms with Crippen LogP contribution < -0.4 is 11.1 Å². The molecule has 92 valence electrons. The molecule has 0 aliphatic heterocycles. The molecule has 6 heteroatoms. The highest BCUT2D eigenvalue weighted by Crippen LogP contribution is 2.27. The van der Waals surface area contributed by atoms with Gasteiger partial charge in [0.1, 0.15) is 0 Å². The average molecular weight is 347 g/mol. The van der Waals surface area contributed by atoms with Gasteiger partial charge in [0.2, 0.25) is 0 Å². The van der Waals surface area contributed by atoms with Crippen molar-refractivity contribution in [3.63, 3.8) is 0 Å². The van der Waals surface area contributed by atoms with Gasteiger partial charge in [0.25, 0.3) is 5.69 Å². The SMILES string of the molecule is NC1CCCC1Nc1ccc([N+](=O)[O-])cc1I. The van der Waals surface area contributed by atoms with Crippen molar-refractivity contribution in [2.45, 2.75) is 31.3 Å². The molecule has 1 aromatic rings. The Hall–Kier alpha value is -0.890. The number of nitrogens with one attached hydrogen (secondary N) is 1. The molecular weight excluding hydrogens is 333 g/mol. The number of nitro groups is 1. The molecule has 1 saturated carbocycles. The average Bonchev–Trinajstić information content (AvgIpc) is 2.67. The molecule has 2 atom stereocenters. The Labute approximate surface area is 113 Å². The molecule has 2 rings (SSSR count). The maximum Gasteiger partial charge on any atom is 0.270 e. The van der Waals surface area contributed by atoms with Crippen molar-refractivity contribution < 1.29 is 4.92 Å². The van der Waals surface area contributed by atoms with Crippen LogP contribution in [0, 0.1) is 13.7 Å². The summed E-state index contributed by atoms with van der Waals surface area (Å²) in [6.07, 6.45) is 3.25. The van der Waals surface area contributed by atoms with Crippen molar-refractivity contribution in [1.29, 1.82) is 0 Å². The number of anilines is 1. The summed E-state index contributed by atoms with van der Waals surface area (Å²) in [6.45, 7) is 0. The second-order valence-corrected chi connectivity index (χ2v) is 5.43. The van der Waals surface area contributed by atoms with Gasteiger partial charge >= 0.3 is 0 Å². The highest BCUT2D eigenvalue weighted by molar-refractivity contribution is 14.1. The zero-order valence-corrected chi connectivity index (χ0v) is 11.4. The molecule has 0 aromatic heterocycles. The molecular formula is C11H14IN3O2. The van der Waals surface area contributed by atoms with Gasteiger partial charge in [0.15, 0.2) is 0 Å². The summed E-state index contributed by atoms with van der Waals surface area (Å²) in [5.41, 5.74) is 7.03. The molecule has 0 spiro atoms. The lowest BCUT2D eigenvalue weighted by Crippen LogP contribution is -2.35. The normalized spacial score (nSPS) is 23.6. The van der Waals surface area contributed by atoms with Gasteiger partial charge in [-0.3, -0.25) is 10.1 Å². The molecule has 3 N–H and O–H groups in total. The van der Waals surface area contributed by atoms with E-state index in [2.05, 4.69) is 27.9 Å². The maximum atomic E-state index is 10.6. The summed E-state index contributed by atoms with van der Waals surface area (Å²) < 4.78 is 0.857. The second-order valence-electron chi connectivity index (χ2n) is 4.27. The fourth-order valence-electron chi connectivity index (χ4n) is 2.10. The topological polar surface area (TPSA) is 81.2 Å². The first-order chi connectivity index (χ1) is 8.08. The monoisotopic (exact) mass is 347 g/mol. The van der Waals surface area contributed by atoms with E-state index in [1.165, 1.54) is 6.07 Å². The summed E-state index contributed by atoms with van der Waals surface area (Å²) in [6, 6.07) is 5.31. The predicted octanol–water partition coefficient (Wildman–Crippen LogP) is 2.49. The van der Waals surface area contributed by atoms with Crippen molar-refractivity contribution in [2.75, 3.05) is 5.32 Å². The van der Waals surface area contributed by atoms with E-state index >= 15 is 0 Å². The number of rotatable bonds is 3. The lowest BCUT2D eigenvalue weighted by atomic mass is 10.1. The number of halogens is 1. The lowest BCUT2D eigenvalue weighted by molar-refractivity contribution is -0.384. The van der Waals surface area contributed by atoms with Crippen LogP contribution in [0.3, 0.4) is 0 Å². The van der Waals surface area contributed by atoms with Gasteiger partial charge in [-0.05, 0) is 47.9 Å². The molecule has 1 aliphatic carbocycles. The molecule has 1 fully saturated rings. The number of hydrogen-bond donors (Lipinski definition) is 2. The summed E-state index contributed by atoms with van der Waals surface area (Å²) in [5, 5.41) is 14.0. The number of nitrogens with two attached hydrogens (primary N) is 1. The van der Waals surface area contributed by atoms with Gasteiger partial charge in [-0.1, -0.05) is 0 Å². The number of nitrogens with zero attached hydrogens (tertiary/aromatic N) is 1. The quantitative estimate of drug-likeness (QED) is 0.500. The molecule has 0 radical (unpaired) electrons. The van der Waals surface area contributed by atoms with Crippen LogP contribution in [0.15, 0.2) is 18.2 Å². The number of non-ortho nitro benzene ring substituents is 1. The third kappa shape index (κ3) is 2.86. The van der Waals surface area contributed by atoms with Crippen molar-refractivity contribution >= 4 is 34.0 Å². The minimum absolute atomic E-state index is 0.121. The van der Waals surface area contributed by atoms with Gasteiger partial charge in [0, 0.05) is 33.5 Å². The first kappa shape index (κ1) is 12.6. The van der Waals surface area contributed by atoms with Crippen LogP contribution in [0.4, 0.5) is 11.4 Å². The van der Waals surface area contributed by atoms with Crippen LogP contribution in [0.1, 0.15) is 19.3 Å². The first-order valence-corrected chi connectivity index (χ1v) is 6.62. The fourth-order valence-corrected chi connectivity index (χ4v) is 2.76. The van der Waals surface area contributed by atoms with Crippen molar-refractivity contribution in [1.82, 2.24) is 0 Å². The minimum atomic E-state index is -0.382. The molecule has 0 bridgehead atoms. The van der Waals surface area contributed by atoms with Gasteiger partial charge in [-0.25, -0.2) is 0 Å². The van der Waals surface area contributed by atoms with Crippen LogP contribution in [-0.2, 0) is 0 Å². The van der Waals surface area contributed by atoms with E-state index in [0.717, 1.165) is 28.5 Å². The smallest absolute Gasteiger partial charge is 0.270 e. The Morgan fingerprint density at radius 1 is 1.47 bits per heavy atom. The van der Waals surface area contributed by atoms with Crippen molar-refractivity contribution in [3.8, 4) is 0 Å². The molecule has 1 aromatic carbocycles. The molecule has 0 heterocycles. The van der Waals surface area contributed by atoms with Gasteiger partial charge in [-0.2, -0.15) is 0 Å².